The summed E-state index contributed by atoms with van der Waals surface area (Å²) in [6, 6.07) is 7.46. The number of carbonyl (C=O) groups is 1. The first-order valence-corrected chi connectivity index (χ1v) is 5.93. The van der Waals surface area contributed by atoms with Crippen molar-refractivity contribution in [3.05, 3.63) is 53.5 Å². The standard InChI is InChI=1S/C14H14FN3O2/c1-20-14-10(3-2-6-17-14)8-18-13(19)9-4-5-12(16)11(15)7-9/h2-7H,8,16H2,1H3,(H,18,19). The van der Waals surface area contributed by atoms with Crippen LogP contribution < -0.4 is 15.8 Å². The Labute approximate surface area is 115 Å². The number of benzene rings is 1. The molecule has 1 amide bonds. The van der Waals surface area contributed by atoms with E-state index in [0.717, 1.165) is 11.6 Å². The summed E-state index contributed by atoms with van der Waals surface area (Å²) in [5, 5.41) is 2.67. The average Bonchev–Trinajstić information content (AvgIpc) is 2.47. The molecule has 5 nitrogen and oxygen atoms in total. The Balaban J connectivity index is 2.06. The summed E-state index contributed by atoms with van der Waals surface area (Å²) in [7, 11) is 1.50. The lowest BCUT2D eigenvalue weighted by molar-refractivity contribution is 0.0950. The quantitative estimate of drug-likeness (QED) is 0.833. The molecular formula is C14H14FN3O2. The van der Waals surface area contributed by atoms with Crippen LogP contribution in [0.2, 0.25) is 0 Å². The van der Waals surface area contributed by atoms with E-state index in [1.54, 1.807) is 18.3 Å². The fourth-order valence-electron chi connectivity index (χ4n) is 1.69. The van der Waals surface area contributed by atoms with Gasteiger partial charge in [0, 0.05) is 23.9 Å². The maximum atomic E-state index is 13.3. The highest BCUT2D eigenvalue weighted by atomic mass is 19.1. The maximum Gasteiger partial charge on any atom is 0.251 e. The molecule has 2 aromatic rings. The van der Waals surface area contributed by atoms with Crippen molar-refractivity contribution in [2.24, 2.45) is 0 Å². The summed E-state index contributed by atoms with van der Waals surface area (Å²) in [5.41, 5.74) is 6.31. The number of hydrogen-bond donors (Lipinski definition) is 2. The molecule has 0 saturated heterocycles. The highest BCUT2D eigenvalue weighted by Crippen LogP contribution is 2.14. The van der Waals surface area contributed by atoms with E-state index < -0.39 is 11.7 Å². The fraction of sp³-hybridized carbons (Fsp3) is 0.143. The number of anilines is 1. The zero-order valence-corrected chi connectivity index (χ0v) is 10.9. The van der Waals surface area contributed by atoms with Crippen LogP contribution >= 0.6 is 0 Å². The molecule has 104 valence electrons. The zero-order valence-electron chi connectivity index (χ0n) is 10.9. The number of methoxy groups -OCH3 is 1. The first-order valence-electron chi connectivity index (χ1n) is 5.93. The van der Waals surface area contributed by atoms with Crippen molar-refractivity contribution in [2.75, 3.05) is 12.8 Å². The lowest BCUT2D eigenvalue weighted by Gasteiger charge is -2.09. The third-order valence-corrected chi connectivity index (χ3v) is 2.75. The summed E-state index contributed by atoms with van der Waals surface area (Å²) in [6.07, 6.45) is 1.60. The Kier molecular flexibility index (Phi) is 4.14. The van der Waals surface area contributed by atoms with E-state index >= 15 is 0 Å². The summed E-state index contributed by atoms with van der Waals surface area (Å²) >= 11 is 0. The van der Waals surface area contributed by atoms with Crippen LogP contribution in [0.15, 0.2) is 36.5 Å². The van der Waals surface area contributed by atoms with Crippen molar-refractivity contribution >= 4 is 11.6 Å². The molecule has 6 heteroatoms. The van der Waals surface area contributed by atoms with Gasteiger partial charge in [0.05, 0.1) is 12.8 Å². The van der Waals surface area contributed by atoms with Gasteiger partial charge < -0.3 is 15.8 Å². The molecule has 1 aromatic heterocycles. The van der Waals surface area contributed by atoms with Gasteiger partial charge >= 0.3 is 0 Å². The van der Waals surface area contributed by atoms with Gasteiger partial charge in [0.25, 0.3) is 5.91 Å². The average molecular weight is 275 g/mol. The SMILES string of the molecule is COc1ncccc1CNC(=O)c1ccc(N)c(F)c1. The molecule has 0 aliphatic rings. The molecule has 0 unspecified atom stereocenters. The first kappa shape index (κ1) is 13.8. The summed E-state index contributed by atoms with van der Waals surface area (Å²) < 4.78 is 18.4. The Morgan fingerprint density at radius 2 is 2.25 bits per heavy atom. The lowest BCUT2D eigenvalue weighted by atomic mass is 10.2. The van der Waals surface area contributed by atoms with Gasteiger partial charge in [-0.3, -0.25) is 4.79 Å². The Morgan fingerprint density at radius 3 is 2.95 bits per heavy atom. The number of rotatable bonds is 4. The van der Waals surface area contributed by atoms with Crippen molar-refractivity contribution in [1.29, 1.82) is 0 Å². The van der Waals surface area contributed by atoms with Crippen LogP contribution in [0.3, 0.4) is 0 Å². The molecule has 0 spiro atoms. The van der Waals surface area contributed by atoms with E-state index in [-0.39, 0.29) is 17.8 Å². The number of hydrogen-bond acceptors (Lipinski definition) is 4. The minimum absolute atomic E-state index is 0.00970. The van der Waals surface area contributed by atoms with Crippen LogP contribution in [0.5, 0.6) is 5.88 Å². The van der Waals surface area contributed by atoms with E-state index in [0.29, 0.717) is 5.88 Å². The number of nitrogen functional groups attached to an aromatic ring is 1. The van der Waals surface area contributed by atoms with Gasteiger partial charge in [0.15, 0.2) is 0 Å². The van der Waals surface area contributed by atoms with Crippen molar-refractivity contribution in [2.45, 2.75) is 6.54 Å². The number of carbonyl (C=O) groups excluding carboxylic acids is 1. The summed E-state index contributed by atoms with van der Waals surface area (Å²) in [6.45, 7) is 0.238. The van der Waals surface area contributed by atoms with Gasteiger partial charge in [0.2, 0.25) is 5.88 Å². The second kappa shape index (κ2) is 6.01. The first-order chi connectivity index (χ1) is 9.61. The Morgan fingerprint density at radius 1 is 1.45 bits per heavy atom. The highest BCUT2D eigenvalue weighted by Gasteiger charge is 2.10. The molecule has 0 atom stereocenters. The largest absolute Gasteiger partial charge is 0.481 e. The van der Waals surface area contributed by atoms with Crippen LogP contribution in [0, 0.1) is 5.82 Å². The second-order valence-electron chi connectivity index (χ2n) is 4.09. The molecule has 3 N–H and O–H groups in total. The highest BCUT2D eigenvalue weighted by molar-refractivity contribution is 5.94. The minimum atomic E-state index is -0.614. The third kappa shape index (κ3) is 3.03. The molecule has 1 heterocycles. The molecule has 2 rings (SSSR count). The number of nitrogens with two attached hydrogens (primary N) is 1. The van der Waals surface area contributed by atoms with Gasteiger partial charge in [-0.05, 0) is 24.3 Å². The number of ether oxygens (including phenoxy) is 1. The number of halogens is 1. The number of pyridine rings is 1. The van der Waals surface area contributed by atoms with Gasteiger partial charge in [-0.1, -0.05) is 6.07 Å². The molecule has 20 heavy (non-hydrogen) atoms. The molecule has 1 aromatic carbocycles. The topological polar surface area (TPSA) is 77.2 Å². The van der Waals surface area contributed by atoms with Crippen LogP contribution in [0.4, 0.5) is 10.1 Å². The Hall–Kier alpha value is -2.63. The molecule has 0 aliphatic carbocycles. The van der Waals surface area contributed by atoms with E-state index in [2.05, 4.69) is 10.3 Å². The molecule has 0 fully saturated rings. The van der Waals surface area contributed by atoms with Gasteiger partial charge in [-0.25, -0.2) is 9.37 Å². The number of nitrogens with one attached hydrogen (secondary N) is 1. The molecule has 0 saturated carbocycles. The zero-order chi connectivity index (χ0) is 14.5. The number of aromatic nitrogens is 1. The van der Waals surface area contributed by atoms with Crippen molar-refractivity contribution in [1.82, 2.24) is 10.3 Å². The van der Waals surface area contributed by atoms with Gasteiger partial charge in [-0.2, -0.15) is 0 Å². The third-order valence-electron chi connectivity index (χ3n) is 2.75. The molecular weight excluding hydrogens is 261 g/mol. The van der Waals surface area contributed by atoms with Crippen molar-refractivity contribution < 1.29 is 13.9 Å². The summed E-state index contributed by atoms with van der Waals surface area (Å²) in [5.74, 6) is -0.567. The number of nitrogens with zero attached hydrogens (tertiary/aromatic N) is 1. The smallest absolute Gasteiger partial charge is 0.251 e. The predicted molar refractivity (Wildman–Crippen MR) is 72.8 cm³/mol. The Bertz CT molecular complexity index is 632. The summed E-state index contributed by atoms with van der Waals surface area (Å²) in [4.78, 5) is 15.9. The van der Waals surface area contributed by atoms with Crippen LogP contribution in [0.25, 0.3) is 0 Å². The number of amides is 1. The van der Waals surface area contributed by atoms with E-state index in [1.165, 1.54) is 19.2 Å². The van der Waals surface area contributed by atoms with E-state index in [4.69, 9.17) is 10.5 Å². The minimum Gasteiger partial charge on any atom is -0.481 e. The van der Waals surface area contributed by atoms with Gasteiger partial charge in [0.1, 0.15) is 5.82 Å². The van der Waals surface area contributed by atoms with Crippen LogP contribution in [0.1, 0.15) is 15.9 Å². The molecule has 0 radical (unpaired) electrons. The second-order valence-corrected chi connectivity index (χ2v) is 4.09. The van der Waals surface area contributed by atoms with Crippen LogP contribution in [-0.2, 0) is 6.54 Å². The predicted octanol–water partition coefficient (Wildman–Crippen LogP) is 1.74. The maximum absolute atomic E-state index is 13.3. The monoisotopic (exact) mass is 275 g/mol. The normalized spacial score (nSPS) is 10.1. The van der Waals surface area contributed by atoms with Crippen molar-refractivity contribution in [3.8, 4) is 5.88 Å². The van der Waals surface area contributed by atoms with Gasteiger partial charge in [-0.15, -0.1) is 0 Å². The van der Waals surface area contributed by atoms with E-state index in [9.17, 15) is 9.18 Å². The molecule has 0 aliphatic heterocycles. The molecule has 0 bridgehead atoms. The lowest BCUT2D eigenvalue weighted by Crippen LogP contribution is -2.23. The van der Waals surface area contributed by atoms with E-state index in [1.807, 2.05) is 0 Å². The van der Waals surface area contributed by atoms with Crippen LogP contribution in [-0.4, -0.2) is 18.0 Å². The fourth-order valence-corrected chi connectivity index (χ4v) is 1.69. The van der Waals surface area contributed by atoms with Crippen molar-refractivity contribution in [3.63, 3.8) is 0 Å².